The molecule has 0 aliphatic heterocycles. The van der Waals surface area contributed by atoms with E-state index in [2.05, 4.69) is 0 Å². The second kappa shape index (κ2) is 6.72. The van der Waals surface area contributed by atoms with E-state index < -0.39 is 17.1 Å². The molecule has 0 unspecified atom stereocenters. The van der Waals surface area contributed by atoms with E-state index in [1.807, 2.05) is 19.6 Å². The van der Waals surface area contributed by atoms with Crippen molar-refractivity contribution < 1.29 is 72.8 Å². The first-order valence-electron chi connectivity index (χ1n) is 2.82. The summed E-state index contributed by atoms with van der Waals surface area (Å²) in [4.78, 5) is 21.0. The zero-order valence-electron chi connectivity index (χ0n) is 8.22. The summed E-state index contributed by atoms with van der Waals surface area (Å²) in [7, 11) is -5.59. The molecule has 0 aliphatic carbocycles. The molecule has 0 saturated carbocycles. The molecule has 0 rings (SSSR count). The van der Waals surface area contributed by atoms with Gasteiger partial charge in [0.15, 0.2) is 8.32 Å². The van der Waals surface area contributed by atoms with Gasteiger partial charge in [0.1, 0.15) is 0 Å². The molecule has 56 valence electrons. The van der Waals surface area contributed by atoms with Gasteiger partial charge in [-0.25, -0.2) is 0 Å². The monoisotopic (exact) mass is 210 g/mol. The molecule has 0 atom stereocenters. The molecule has 3 nitrogen and oxygen atoms in total. The van der Waals surface area contributed by atoms with Gasteiger partial charge in [0, 0.05) is 0 Å². The Morgan fingerprint density at radius 1 is 0.909 bits per heavy atom. The zero-order chi connectivity index (χ0) is 7.71. The van der Waals surface area contributed by atoms with Crippen LogP contribution in [0.4, 0.5) is 0 Å². The summed E-state index contributed by atoms with van der Waals surface area (Å²) >= 11 is 0. The van der Waals surface area contributed by atoms with Crippen molar-refractivity contribution in [2.75, 3.05) is 0 Å². The Hall–Kier alpha value is 2.31. The minimum Gasteiger partial charge on any atom is -0.850 e. The summed E-state index contributed by atoms with van der Waals surface area (Å²) in [5, 5.41) is 0. The van der Waals surface area contributed by atoms with E-state index in [-0.39, 0.29) is 59.1 Å². The molecule has 0 aromatic heterocycles. The normalized spacial score (nSPS) is 11.5. The molecule has 0 fully saturated rings. The van der Waals surface area contributed by atoms with Crippen LogP contribution in [0, 0.1) is 0 Å². The molecule has 0 saturated heterocycles. The van der Waals surface area contributed by atoms with E-state index in [1.165, 1.54) is 0 Å². The van der Waals surface area contributed by atoms with Crippen molar-refractivity contribution in [1.82, 2.24) is 0 Å². The van der Waals surface area contributed by atoms with Crippen molar-refractivity contribution in [3.63, 3.8) is 0 Å². The Bertz CT molecular complexity index is 86.5. The number of hydrogen-bond acceptors (Lipinski definition) is 3. The van der Waals surface area contributed by atoms with Crippen molar-refractivity contribution in [3.8, 4) is 0 Å². The van der Waals surface area contributed by atoms with Gasteiger partial charge in [-0.1, -0.05) is 6.55 Å². The standard InChI is InChI=1S/C4H12O3Si2.2Na/c1-8(2,3)7-9(4,5)6;;/h1-4H3;;/q-2;2*+1. The van der Waals surface area contributed by atoms with E-state index in [0.29, 0.717) is 0 Å². The molecule has 11 heavy (non-hydrogen) atoms. The average Bonchev–Trinajstić information content (AvgIpc) is 1.14. The quantitative estimate of drug-likeness (QED) is 0.426. The fourth-order valence-electron chi connectivity index (χ4n) is 0.556. The van der Waals surface area contributed by atoms with Gasteiger partial charge in [0.2, 0.25) is 0 Å². The molecule has 0 amide bonds. The van der Waals surface area contributed by atoms with E-state index in [0.717, 1.165) is 6.55 Å². The Kier molecular flexibility index (Phi) is 11.6. The summed E-state index contributed by atoms with van der Waals surface area (Å²) in [6.45, 7) is 6.65. The van der Waals surface area contributed by atoms with Crippen LogP contribution in [0.2, 0.25) is 26.2 Å². The molecular formula is C4H12Na2O3Si2. The van der Waals surface area contributed by atoms with E-state index in [4.69, 9.17) is 4.12 Å². The Balaban J connectivity index is -0.000000320. The second-order valence-corrected chi connectivity index (χ2v) is 9.84. The fourth-order valence-corrected chi connectivity index (χ4v) is 5.01. The van der Waals surface area contributed by atoms with Crippen LogP contribution in [0.3, 0.4) is 0 Å². The van der Waals surface area contributed by atoms with Crippen molar-refractivity contribution in [1.29, 1.82) is 0 Å². The van der Waals surface area contributed by atoms with Gasteiger partial charge in [-0.2, -0.15) is 0 Å². The van der Waals surface area contributed by atoms with Crippen molar-refractivity contribution >= 4 is 17.1 Å². The van der Waals surface area contributed by atoms with E-state index >= 15 is 0 Å². The Labute approximate surface area is 115 Å². The number of rotatable bonds is 2. The summed E-state index contributed by atoms with van der Waals surface area (Å²) in [6.07, 6.45) is 0. The largest absolute Gasteiger partial charge is 1.00 e. The van der Waals surface area contributed by atoms with Crippen LogP contribution in [0.5, 0.6) is 0 Å². The fraction of sp³-hybridized carbons (Fsp3) is 1.00. The van der Waals surface area contributed by atoms with Crippen LogP contribution in [0.25, 0.3) is 0 Å². The predicted molar refractivity (Wildman–Crippen MR) is 36.0 cm³/mol. The molecule has 0 radical (unpaired) electrons. The molecule has 0 aliphatic rings. The van der Waals surface area contributed by atoms with E-state index in [9.17, 15) is 9.59 Å². The maximum absolute atomic E-state index is 10.5. The summed E-state index contributed by atoms with van der Waals surface area (Å²) in [5.74, 6) is 0. The summed E-state index contributed by atoms with van der Waals surface area (Å²) < 4.78 is 4.79. The second-order valence-electron chi connectivity index (χ2n) is 3.08. The van der Waals surface area contributed by atoms with Crippen LogP contribution < -0.4 is 68.7 Å². The molecule has 0 N–H and O–H groups in total. The molecular weight excluding hydrogens is 198 g/mol. The van der Waals surface area contributed by atoms with E-state index in [1.54, 1.807) is 0 Å². The van der Waals surface area contributed by atoms with Crippen molar-refractivity contribution in [2.24, 2.45) is 0 Å². The Morgan fingerprint density at radius 3 is 1.18 bits per heavy atom. The van der Waals surface area contributed by atoms with Gasteiger partial charge in [0.25, 0.3) is 0 Å². The molecule has 0 aromatic carbocycles. The first-order chi connectivity index (χ1) is 3.71. The third kappa shape index (κ3) is 19.0. The third-order valence-corrected chi connectivity index (χ3v) is 4.42. The van der Waals surface area contributed by atoms with Gasteiger partial charge in [-0.05, 0) is 28.4 Å². The SMILES string of the molecule is C[Si](C)(C)O[Si](C)([O-])[O-].[Na+].[Na+]. The molecule has 0 heterocycles. The minimum absolute atomic E-state index is 0. The Morgan fingerprint density at radius 2 is 1.18 bits per heavy atom. The van der Waals surface area contributed by atoms with Crippen LogP contribution >= 0.6 is 0 Å². The topological polar surface area (TPSA) is 55.3 Å². The van der Waals surface area contributed by atoms with Crippen molar-refractivity contribution in [3.05, 3.63) is 0 Å². The maximum atomic E-state index is 10.5. The smallest absolute Gasteiger partial charge is 0.850 e. The first-order valence-corrected chi connectivity index (χ1v) is 8.45. The molecule has 0 spiro atoms. The maximum Gasteiger partial charge on any atom is 1.00 e. The zero-order valence-corrected chi connectivity index (χ0v) is 14.2. The van der Waals surface area contributed by atoms with Crippen molar-refractivity contribution in [2.45, 2.75) is 26.2 Å². The van der Waals surface area contributed by atoms with Gasteiger partial charge in [0.05, 0.1) is 0 Å². The van der Waals surface area contributed by atoms with Crippen LogP contribution in [-0.4, -0.2) is 17.1 Å². The summed E-state index contributed by atoms with van der Waals surface area (Å²) in [6, 6.07) is 0. The van der Waals surface area contributed by atoms with Gasteiger partial charge >= 0.3 is 59.1 Å². The predicted octanol–water partition coefficient (Wildman–Crippen LogP) is -6.86. The first kappa shape index (κ1) is 19.0. The van der Waals surface area contributed by atoms with Gasteiger partial charge < -0.3 is 13.7 Å². The van der Waals surface area contributed by atoms with Crippen LogP contribution in [0.15, 0.2) is 0 Å². The van der Waals surface area contributed by atoms with Crippen LogP contribution in [-0.2, 0) is 4.12 Å². The molecule has 0 aromatic rings. The number of hydrogen-bond donors (Lipinski definition) is 0. The molecule has 7 heteroatoms. The van der Waals surface area contributed by atoms with Crippen LogP contribution in [0.1, 0.15) is 0 Å². The molecule has 0 bridgehead atoms. The minimum atomic E-state index is -3.73. The van der Waals surface area contributed by atoms with Gasteiger partial charge in [-0.3, -0.25) is 0 Å². The average molecular weight is 210 g/mol. The van der Waals surface area contributed by atoms with Gasteiger partial charge in [-0.15, -0.1) is 0 Å². The summed E-state index contributed by atoms with van der Waals surface area (Å²) in [5.41, 5.74) is 0. The third-order valence-electron chi connectivity index (χ3n) is 0.492.